The van der Waals surface area contributed by atoms with Gasteiger partial charge in [-0.3, -0.25) is 0 Å². The van der Waals surface area contributed by atoms with Crippen LogP contribution in [0.3, 0.4) is 0 Å². The Labute approximate surface area is 135 Å². The van der Waals surface area contributed by atoms with E-state index in [4.69, 9.17) is 16.0 Å². The van der Waals surface area contributed by atoms with Crippen molar-refractivity contribution in [1.82, 2.24) is 0 Å². The molecule has 2 aromatic carbocycles. The van der Waals surface area contributed by atoms with E-state index in [1.54, 1.807) is 6.07 Å². The maximum atomic E-state index is 10.5. The number of furan rings is 1. The van der Waals surface area contributed by atoms with Gasteiger partial charge in [0.25, 0.3) is 0 Å². The molecule has 1 atom stereocenters. The number of hydrogen-bond acceptors (Lipinski definition) is 2. The highest BCUT2D eigenvalue weighted by Crippen LogP contribution is 2.32. The molecular weight excluding hydrogens is 387 g/mol. The molecule has 1 aromatic heterocycles. The molecule has 0 saturated heterocycles. The van der Waals surface area contributed by atoms with Crippen LogP contribution in [-0.4, -0.2) is 5.11 Å². The van der Waals surface area contributed by atoms with E-state index in [1.165, 1.54) is 0 Å². The van der Waals surface area contributed by atoms with Crippen LogP contribution in [0.15, 0.2) is 46.9 Å². The molecule has 102 valence electrons. The normalized spacial score (nSPS) is 12.8. The molecule has 1 heterocycles. The highest BCUT2D eigenvalue weighted by molar-refractivity contribution is 14.1. The molecule has 0 aliphatic rings. The van der Waals surface area contributed by atoms with Crippen LogP contribution in [0.25, 0.3) is 11.0 Å². The molecule has 3 rings (SSSR count). The molecule has 0 spiro atoms. The van der Waals surface area contributed by atoms with Crippen molar-refractivity contribution in [3.63, 3.8) is 0 Å². The first kappa shape index (κ1) is 13.9. The number of benzene rings is 2. The van der Waals surface area contributed by atoms with E-state index in [-0.39, 0.29) is 0 Å². The largest absolute Gasteiger partial charge is 0.458 e. The van der Waals surface area contributed by atoms with Crippen LogP contribution in [0.1, 0.15) is 23.0 Å². The van der Waals surface area contributed by atoms with Gasteiger partial charge in [-0.2, -0.15) is 0 Å². The standard InChI is InChI=1S/C16H12ClIO2/c1-9-3-2-4-12(15(9)18)16(19)14-8-10-7-11(17)5-6-13(10)20-14/h2-8,16,19H,1H3. The number of aliphatic hydroxyl groups excluding tert-OH is 1. The predicted molar refractivity (Wildman–Crippen MR) is 89.2 cm³/mol. The zero-order chi connectivity index (χ0) is 14.3. The molecular formula is C16H12ClIO2. The van der Waals surface area contributed by atoms with Crippen molar-refractivity contribution in [1.29, 1.82) is 0 Å². The van der Waals surface area contributed by atoms with Gasteiger partial charge in [0.1, 0.15) is 17.4 Å². The van der Waals surface area contributed by atoms with Crippen molar-refractivity contribution in [2.24, 2.45) is 0 Å². The van der Waals surface area contributed by atoms with Gasteiger partial charge in [-0.05, 0) is 59.3 Å². The number of hydrogen-bond donors (Lipinski definition) is 1. The van der Waals surface area contributed by atoms with Gasteiger partial charge in [-0.1, -0.05) is 29.8 Å². The third-order valence-corrected chi connectivity index (χ3v) is 4.99. The third kappa shape index (κ3) is 2.45. The van der Waals surface area contributed by atoms with Crippen LogP contribution in [-0.2, 0) is 0 Å². The Hall–Kier alpha value is -1.04. The lowest BCUT2D eigenvalue weighted by molar-refractivity contribution is 0.191. The summed E-state index contributed by atoms with van der Waals surface area (Å²) in [6.45, 7) is 2.02. The van der Waals surface area contributed by atoms with Crippen LogP contribution >= 0.6 is 34.2 Å². The first-order valence-corrected chi connectivity index (χ1v) is 7.64. The molecule has 1 unspecified atom stereocenters. The van der Waals surface area contributed by atoms with Crippen LogP contribution in [0.4, 0.5) is 0 Å². The lowest BCUT2D eigenvalue weighted by atomic mass is 10.0. The van der Waals surface area contributed by atoms with Gasteiger partial charge >= 0.3 is 0 Å². The number of halogens is 2. The lowest BCUT2D eigenvalue weighted by Crippen LogP contribution is -2.01. The van der Waals surface area contributed by atoms with Gasteiger partial charge in [-0.15, -0.1) is 0 Å². The molecule has 0 aliphatic carbocycles. The molecule has 4 heteroatoms. The third-order valence-electron chi connectivity index (χ3n) is 3.28. The fraction of sp³-hybridized carbons (Fsp3) is 0.125. The van der Waals surface area contributed by atoms with Crippen LogP contribution in [0, 0.1) is 10.5 Å². The zero-order valence-electron chi connectivity index (χ0n) is 10.7. The average molecular weight is 399 g/mol. The van der Waals surface area contributed by atoms with E-state index in [9.17, 15) is 5.11 Å². The van der Waals surface area contributed by atoms with Crippen LogP contribution in [0.2, 0.25) is 5.02 Å². The number of aryl methyl sites for hydroxylation is 1. The Morgan fingerprint density at radius 1 is 1.20 bits per heavy atom. The summed E-state index contributed by atoms with van der Waals surface area (Å²) in [6.07, 6.45) is -0.770. The molecule has 20 heavy (non-hydrogen) atoms. The van der Waals surface area contributed by atoms with E-state index in [1.807, 2.05) is 43.3 Å². The summed E-state index contributed by atoms with van der Waals surface area (Å²) in [4.78, 5) is 0. The summed E-state index contributed by atoms with van der Waals surface area (Å²) in [5.41, 5.74) is 2.73. The van der Waals surface area contributed by atoms with Crippen molar-refractivity contribution < 1.29 is 9.52 Å². The Morgan fingerprint density at radius 3 is 2.80 bits per heavy atom. The second-order valence-electron chi connectivity index (χ2n) is 4.71. The molecule has 0 radical (unpaired) electrons. The van der Waals surface area contributed by atoms with Gasteiger partial charge in [0, 0.05) is 19.5 Å². The maximum absolute atomic E-state index is 10.5. The smallest absolute Gasteiger partial charge is 0.138 e. The van der Waals surface area contributed by atoms with Gasteiger partial charge in [0.2, 0.25) is 0 Å². The van der Waals surface area contributed by atoms with Crippen molar-refractivity contribution in [2.75, 3.05) is 0 Å². The van der Waals surface area contributed by atoms with E-state index in [0.717, 1.165) is 25.7 Å². The summed E-state index contributed by atoms with van der Waals surface area (Å²) < 4.78 is 6.77. The maximum Gasteiger partial charge on any atom is 0.138 e. The van der Waals surface area contributed by atoms with Gasteiger partial charge < -0.3 is 9.52 Å². The summed E-state index contributed by atoms with van der Waals surface area (Å²) in [5.74, 6) is 0.533. The van der Waals surface area contributed by atoms with Crippen molar-refractivity contribution in [3.8, 4) is 0 Å². The topological polar surface area (TPSA) is 33.4 Å². The van der Waals surface area contributed by atoms with Crippen LogP contribution in [0.5, 0.6) is 0 Å². The van der Waals surface area contributed by atoms with Crippen molar-refractivity contribution >= 4 is 45.2 Å². The Balaban J connectivity index is 2.08. The van der Waals surface area contributed by atoms with E-state index in [2.05, 4.69) is 22.6 Å². The number of rotatable bonds is 2. The fourth-order valence-electron chi connectivity index (χ4n) is 2.20. The van der Waals surface area contributed by atoms with E-state index in [0.29, 0.717) is 10.8 Å². The Bertz CT molecular complexity index is 779. The molecule has 0 aliphatic heterocycles. The molecule has 0 fully saturated rings. The predicted octanol–water partition coefficient (Wildman–Crippen LogP) is 5.08. The number of fused-ring (bicyclic) bond motifs is 1. The first-order chi connectivity index (χ1) is 9.56. The second-order valence-corrected chi connectivity index (χ2v) is 6.23. The second kappa shape index (κ2) is 5.39. The minimum absolute atomic E-state index is 0.533. The Kier molecular flexibility index (Phi) is 3.75. The van der Waals surface area contributed by atoms with Gasteiger partial charge in [0.15, 0.2) is 0 Å². The molecule has 3 aromatic rings. The SMILES string of the molecule is Cc1cccc(C(O)c2cc3cc(Cl)ccc3o2)c1I. The summed E-state index contributed by atoms with van der Waals surface area (Å²) >= 11 is 8.21. The molecule has 0 saturated carbocycles. The van der Waals surface area contributed by atoms with Crippen molar-refractivity contribution in [2.45, 2.75) is 13.0 Å². The Morgan fingerprint density at radius 2 is 2.00 bits per heavy atom. The molecule has 0 amide bonds. The highest BCUT2D eigenvalue weighted by atomic mass is 127. The average Bonchev–Trinajstić information content (AvgIpc) is 2.84. The summed E-state index contributed by atoms with van der Waals surface area (Å²) in [5, 5.41) is 12.1. The molecule has 1 N–H and O–H groups in total. The summed E-state index contributed by atoms with van der Waals surface area (Å²) in [7, 11) is 0. The monoisotopic (exact) mass is 398 g/mol. The number of aliphatic hydroxyl groups is 1. The van der Waals surface area contributed by atoms with Gasteiger partial charge in [0.05, 0.1) is 0 Å². The van der Waals surface area contributed by atoms with Gasteiger partial charge in [-0.25, -0.2) is 0 Å². The minimum atomic E-state index is -0.770. The van der Waals surface area contributed by atoms with E-state index >= 15 is 0 Å². The molecule has 0 bridgehead atoms. The summed E-state index contributed by atoms with van der Waals surface area (Å²) in [6, 6.07) is 13.1. The van der Waals surface area contributed by atoms with Crippen molar-refractivity contribution in [3.05, 3.63) is 67.9 Å². The highest BCUT2D eigenvalue weighted by Gasteiger charge is 2.18. The zero-order valence-corrected chi connectivity index (χ0v) is 13.6. The quantitative estimate of drug-likeness (QED) is 0.611. The van der Waals surface area contributed by atoms with E-state index < -0.39 is 6.10 Å². The molecule has 2 nitrogen and oxygen atoms in total. The minimum Gasteiger partial charge on any atom is -0.458 e. The first-order valence-electron chi connectivity index (χ1n) is 6.18. The fourth-order valence-corrected chi connectivity index (χ4v) is 3.04. The van der Waals surface area contributed by atoms with Crippen LogP contribution < -0.4 is 0 Å². The lowest BCUT2D eigenvalue weighted by Gasteiger charge is -2.11.